The van der Waals surface area contributed by atoms with Gasteiger partial charge >= 0.3 is 11.8 Å². The van der Waals surface area contributed by atoms with Crippen LogP contribution >= 0.6 is 0 Å². The first-order chi connectivity index (χ1) is 8.43. The van der Waals surface area contributed by atoms with E-state index in [0.29, 0.717) is 5.82 Å². The van der Waals surface area contributed by atoms with Crippen LogP contribution < -0.4 is 0 Å². The van der Waals surface area contributed by atoms with Gasteiger partial charge in [-0.2, -0.15) is 5.26 Å². The molecule has 1 atom stereocenters. The lowest BCUT2D eigenvalue weighted by molar-refractivity contribution is -0.390. The quantitative estimate of drug-likeness (QED) is 0.445. The number of nitriles is 1. The van der Waals surface area contributed by atoms with Crippen LogP contribution in [0.2, 0.25) is 0 Å². The largest absolute Gasteiger partial charge is 0.465 e. The molecule has 18 heavy (non-hydrogen) atoms. The predicted octanol–water partition coefficient (Wildman–Crippen LogP) is 0.807. The molecule has 0 fully saturated rings. The van der Waals surface area contributed by atoms with Crippen LogP contribution in [0.4, 0.5) is 5.82 Å². The Labute approximate surface area is 103 Å². The lowest BCUT2D eigenvalue weighted by atomic mass is 10.1. The lowest BCUT2D eigenvalue weighted by Gasteiger charge is -2.08. The first-order valence-electron chi connectivity index (χ1n) is 5.17. The maximum atomic E-state index is 11.6. The van der Waals surface area contributed by atoms with Crippen molar-refractivity contribution in [2.75, 3.05) is 6.61 Å². The molecular formula is C10H12N4O4. The van der Waals surface area contributed by atoms with E-state index in [0.717, 1.165) is 0 Å². The standard InChI is InChI=1S/C10H12N4O4/c1-4-18-10(15)7(5-11)8-9(14(16)17)12-6(2)13(8)3/h7H,4H2,1-3H3. The molecule has 1 heterocycles. The number of ether oxygens (including phenoxy) is 1. The highest BCUT2D eigenvalue weighted by atomic mass is 16.6. The maximum absolute atomic E-state index is 11.6. The Morgan fingerprint density at radius 3 is 2.78 bits per heavy atom. The molecule has 1 unspecified atom stereocenters. The summed E-state index contributed by atoms with van der Waals surface area (Å²) in [6.45, 7) is 3.24. The van der Waals surface area contributed by atoms with E-state index < -0.39 is 22.6 Å². The van der Waals surface area contributed by atoms with E-state index in [1.54, 1.807) is 19.9 Å². The van der Waals surface area contributed by atoms with Crippen molar-refractivity contribution in [3.8, 4) is 6.07 Å². The Hall–Kier alpha value is -2.43. The number of imidazole rings is 1. The van der Waals surface area contributed by atoms with Gasteiger partial charge in [0.25, 0.3) is 0 Å². The van der Waals surface area contributed by atoms with Crippen LogP contribution in [-0.2, 0) is 16.6 Å². The van der Waals surface area contributed by atoms with E-state index in [2.05, 4.69) is 4.98 Å². The monoisotopic (exact) mass is 252 g/mol. The lowest BCUT2D eigenvalue weighted by Crippen LogP contribution is -2.18. The second kappa shape index (κ2) is 5.27. The highest BCUT2D eigenvalue weighted by Crippen LogP contribution is 2.27. The molecule has 0 aliphatic carbocycles. The smallest absolute Gasteiger partial charge is 0.387 e. The summed E-state index contributed by atoms with van der Waals surface area (Å²) in [5, 5.41) is 19.9. The molecule has 96 valence electrons. The van der Waals surface area contributed by atoms with Crippen molar-refractivity contribution in [3.05, 3.63) is 21.6 Å². The summed E-state index contributed by atoms with van der Waals surface area (Å²) in [4.78, 5) is 25.5. The van der Waals surface area contributed by atoms with Crippen molar-refractivity contribution >= 4 is 11.8 Å². The van der Waals surface area contributed by atoms with Crippen molar-refractivity contribution in [3.63, 3.8) is 0 Å². The zero-order chi connectivity index (χ0) is 13.9. The Morgan fingerprint density at radius 2 is 2.33 bits per heavy atom. The molecule has 0 spiro atoms. The summed E-state index contributed by atoms with van der Waals surface area (Å²) in [6, 6.07) is 1.71. The van der Waals surface area contributed by atoms with Gasteiger partial charge in [0.05, 0.1) is 12.7 Å². The highest BCUT2D eigenvalue weighted by Gasteiger charge is 2.35. The number of nitrogens with zero attached hydrogens (tertiary/aromatic N) is 4. The Kier molecular flexibility index (Phi) is 3.99. The van der Waals surface area contributed by atoms with Crippen LogP contribution in [0.25, 0.3) is 0 Å². The number of rotatable bonds is 4. The van der Waals surface area contributed by atoms with Crippen LogP contribution in [0.5, 0.6) is 0 Å². The van der Waals surface area contributed by atoms with Gasteiger partial charge in [0.1, 0.15) is 5.69 Å². The van der Waals surface area contributed by atoms with Crippen molar-refractivity contribution in [2.24, 2.45) is 7.05 Å². The van der Waals surface area contributed by atoms with Gasteiger partial charge in [-0.15, -0.1) is 0 Å². The molecule has 0 saturated heterocycles. The van der Waals surface area contributed by atoms with E-state index in [9.17, 15) is 14.9 Å². The molecule has 0 aliphatic rings. The molecule has 0 radical (unpaired) electrons. The van der Waals surface area contributed by atoms with Crippen molar-refractivity contribution in [1.82, 2.24) is 9.55 Å². The number of carbonyl (C=O) groups excluding carboxylic acids is 1. The molecule has 8 heteroatoms. The maximum Gasteiger partial charge on any atom is 0.387 e. The van der Waals surface area contributed by atoms with Crippen LogP contribution in [0.1, 0.15) is 24.4 Å². The zero-order valence-electron chi connectivity index (χ0n) is 10.2. The minimum atomic E-state index is -1.35. The number of hydrogen-bond donors (Lipinski definition) is 0. The first kappa shape index (κ1) is 13.6. The van der Waals surface area contributed by atoms with Gasteiger partial charge in [0, 0.05) is 14.0 Å². The molecule has 0 aliphatic heterocycles. The average Bonchev–Trinajstić information content (AvgIpc) is 2.59. The summed E-state index contributed by atoms with van der Waals surface area (Å²) in [5.74, 6) is -2.31. The molecule has 1 aromatic rings. The molecule has 0 saturated carbocycles. The Balaban J connectivity index is 3.34. The Morgan fingerprint density at radius 1 is 1.72 bits per heavy atom. The number of carbonyl (C=O) groups is 1. The molecule has 0 aromatic carbocycles. The van der Waals surface area contributed by atoms with Gasteiger partial charge < -0.3 is 19.4 Å². The Bertz CT molecular complexity index is 529. The molecule has 0 bridgehead atoms. The summed E-state index contributed by atoms with van der Waals surface area (Å²) >= 11 is 0. The van der Waals surface area contributed by atoms with Gasteiger partial charge in [-0.3, -0.25) is 4.79 Å². The zero-order valence-corrected chi connectivity index (χ0v) is 10.2. The van der Waals surface area contributed by atoms with Gasteiger partial charge in [0.15, 0.2) is 5.92 Å². The number of esters is 1. The third-order valence-electron chi connectivity index (χ3n) is 2.44. The summed E-state index contributed by atoms with van der Waals surface area (Å²) < 4.78 is 6.07. The average molecular weight is 252 g/mol. The third kappa shape index (κ3) is 2.29. The fourth-order valence-electron chi connectivity index (χ4n) is 1.52. The number of nitro groups is 1. The molecule has 1 rings (SSSR count). The van der Waals surface area contributed by atoms with Crippen molar-refractivity contribution in [1.29, 1.82) is 5.26 Å². The second-order valence-corrected chi connectivity index (χ2v) is 3.50. The fourth-order valence-corrected chi connectivity index (χ4v) is 1.52. The van der Waals surface area contributed by atoms with Crippen molar-refractivity contribution < 1.29 is 14.5 Å². The molecule has 8 nitrogen and oxygen atoms in total. The third-order valence-corrected chi connectivity index (χ3v) is 2.44. The van der Waals surface area contributed by atoms with Crippen LogP contribution in [0.15, 0.2) is 0 Å². The topological polar surface area (TPSA) is 111 Å². The second-order valence-electron chi connectivity index (χ2n) is 3.50. The van der Waals surface area contributed by atoms with E-state index in [1.165, 1.54) is 11.6 Å². The van der Waals surface area contributed by atoms with Gasteiger partial charge in [-0.1, -0.05) is 0 Å². The molecule has 0 N–H and O–H groups in total. The number of aryl methyl sites for hydroxylation is 1. The molecular weight excluding hydrogens is 240 g/mol. The van der Waals surface area contributed by atoms with Gasteiger partial charge in [-0.25, -0.2) is 0 Å². The first-order valence-corrected chi connectivity index (χ1v) is 5.17. The van der Waals surface area contributed by atoms with Crippen LogP contribution in [-0.4, -0.2) is 27.1 Å². The van der Waals surface area contributed by atoms with Crippen LogP contribution in [0.3, 0.4) is 0 Å². The van der Waals surface area contributed by atoms with Crippen molar-refractivity contribution in [2.45, 2.75) is 19.8 Å². The number of aromatic nitrogens is 2. The number of hydrogen-bond acceptors (Lipinski definition) is 6. The minimum Gasteiger partial charge on any atom is -0.465 e. The summed E-state index contributed by atoms with van der Waals surface area (Å²) in [6.07, 6.45) is 0. The normalized spacial score (nSPS) is 11.7. The van der Waals surface area contributed by atoms with E-state index >= 15 is 0 Å². The fraction of sp³-hybridized carbons (Fsp3) is 0.500. The SMILES string of the molecule is CCOC(=O)C(C#N)c1c([N+](=O)[O-])nc(C)n1C. The highest BCUT2D eigenvalue weighted by molar-refractivity contribution is 5.82. The van der Waals surface area contributed by atoms with Gasteiger partial charge in [0.2, 0.25) is 5.82 Å². The van der Waals surface area contributed by atoms with E-state index in [1.807, 2.05) is 0 Å². The predicted molar refractivity (Wildman–Crippen MR) is 59.6 cm³/mol. The van der Waals surface area contributed by atoms with Crippen LogP contribution in [0, 0.1) is 28.4 Å². The minimum absolute atomic E-state index is 0.0570. The molecule has 0 amide bonds. The molecule has 1 aromatic heterocycles. The van der Waals surface area contributed by atoms with Gasteiger partial charge in [-0.05, 0) is 16.8 Å². The summed E-state index contributed by atoms with van der Waals surface area (Å²) in [7, 11) is 1.51. The van der Waals surface area contributed by atoms with E-state index in [-0.39, 0.29) is 12.3 Å². The summed E-state index contributed by atoms with van der Waals surface area (Å²) in [5.41, 5.74) is -0.0570. The van der Waals surface area contributed by atoms with E-state index in [4.69, 9.17) is 10.00 Å².